The molecule has 0 aliphatic rings. The third-order valence-corrected chi connectivity index (χ3v) is 3.69. The largest absolute Gasteiger partial charge is 0.239 e. The van der Waals surface area contributed by atoms with Crippen LogP contribution in [-0.2, 0) is 9.84 Å². The Bertz CT molecular complexity index is 662. The number of benzene rings is 1. The summed E-state index contributed by atoms with van der Waals surface area (Å²) in [6.07, 6.45) is 3.98. The maximum Gasteiger partial charge on any atom is 0.178 e. The SMILES string of the molecule is Cc1cc(Cl)ccc1-n1cc(S(C)(=O)=O)cn1. The average molecular weight is 271 g/mol. The van der Waals surface area contributed by atoms with Gasteiger partial charge >= 0.3 is 0 Å². The summed E-state index contributed by atoms with van der Waals surface area (Å²) in [7, 11) is -3.22. The molecular weight excluding hydrogens is 260 g/mol. The number of halogens is 1. The van der Waals surface area contributed by atoms with Crippen molar-refractivity contribution in [3.63, 3.8) is 0 Å². The van der Waals surface area contributed by atoms with Crippen molar-refractivity contribution in [2.75, 3.05) is 6.26 Å². The predicted molar refractivity (Wildman–Crippen MR) is 66.4 cm³/mol. The number of nitrogens with zero attached hydrogens (tertiary/aromatic N) is 2. The Morgan fingerprint density at radius 3 is 2.59 bits per heavy atom. The number of rotatable bonds is 2. The van der Waals surface area contributed by atoms with E-state index in [0.717, 1.165) is 17.5 Å². The molecule has 0 saturated heterocycles. The second kappa shape index (κ2) is 4.16. The monoisotopic (exact) mass is 270 g/mol. The summed E-state index contributed by atoms with van der Waals surface area (Å²) in [5, 5.41) is 4.68. The van der Waals surface area contributed by atoms with Gasteiger partial charge in [0.2, 0.25) is 0 Å². The van der Waals surface area contributed by atoms with Crippen molar-refractivity contribution in [3.8, 4) is 5.69 Å². The summed E-state index contributed by atoms with van der Waals surface area (Å²) in [5.41, 5.74) is 1.74. The molecule has 0 unspecified atom stereocenters. The molecule has 0 aliphatic carbocycles. The summed E-state index contributed by atoms with van der Waals surface area (Å²) >= 11 is 5.86. The van der Waals surface area contributed by atoms with Crippen LogP contribution < -0.4 is 0 Å². The van der Waals surface area contributed by atoms with Gasteiger partial charge in [0.25, 0.3) is 0 Å². The molecule has 0 spiro atoms. The lowest BCUT2D eigenvalue weighted by molar-refractivity contribution is 0.602. The highest BCUT2D eigenvalue weighted by atomic mass is 35.5. The predicted octanol–water partition coefficient (Wildman–Crippen LogP) is 2.24. The van der Waals surface area contributed by atoms with Crippen LogP contribution >= 0.6 is 11.6 Å². The van der Waals surface area contributed by atoms with Crippen molar-refractivity contribution < 1.29 is 8.42 Å². The molecule has 1 heterocycles. The van der Waals surface area contributed by atoms with Gasteiger partial charge in [0, 0.05) is 17.5 Å². The van der Waals surface area contributed by atoms with E-state index in [-0.39, 0.29) is 4.90 Å². The zero-order chi connectivity index (χ0) is 12.6. The van der Waals surface area contributed by atoms with Gasteiger partial charge in [-0.25, -0.2) is 13.1 Å². The van der Waals surface area contributed by atoms with Crippen LogP contribution in [-0.4, -0.2) is 24.5 Å². The summed E-state index contributed by atoms with van der Waals surface area (Å²) in [4.78, 5) is 0.201. The molecule has 6 heteroatoms. The van der Waals surface area contributed by atoms with Gasteiger partial charge in [-0.3, -0.25) is 0 Å². The van der Waals surface area contributed by atoms with Crippen molar-refractivity contribution in [2.24, 2.45) is 0 Å². The zero-order valence-corrected chi connectivity index (χ0v) is 11.0. The zero-order valence-electron chi connectivity index (χ0n) is 9.38. The van der Waals surface area contributed by atoms with E-state index in [1.165, 1.54) is 17.1 Å². The molecule has 2 aromatic rings. The first-order valence-electron chi connectivity index (χ1n) is 4.89. The van der Waals surface area contributed by atoms with E-state index in [0.29, 0.717) is 5.02 Å². The van der Waals surface area contributed by atoms with Crippen LogP contribution in [0.3, 0.4) is 0 Å². The highest BCUT2D eigenvalue weighted by molar-refractivity contribution is 7.90. The Hall–Kier alpha value is -1.33. The lowest BCUT2D eigenvalue weighted by Crippen LogP contribution is -1.98. The lowest BCUT2D eigenvalue weighted by atomic mass is 10.2. The average Bonchev–Trinajstić information content (AvgIpc) is 2.65. The molecular formula is C11H11ClN2O2S. The van der Waals surface area contributed by atoms with Gasteiger partial charge in [-0.05, 0) is 30.7 Å². The number of aromatic nitrogens is 2. The lowest BCUT2D eigenvalue weighted by Gasteiger charge is -2.05. The third kappa shape index (κ3) is 2.50. The summed E-state index contributed by atoms with van der Waals surface area (Å²) in [6.45, 7) is 1.89. The van der Waals surface area contributed by atoms with E-state index < -0.39 is 9.84 Å². The molecule has 0 saturated carbocycles. The smallest absolute Gasteiger partial charge is 0.178 e. The molecule has 2 rings (SSSR count). The van der Waals surface area contributed by atoms with Crippen molar-refractivity contribution in [3.05, 3.63) is 41.2 Å². The van der Waals surface area contributed by atoms with Gasteiger partial charge in [0.05, 0.1) is 11.9 Å². The van der Waals surface area contributed by atoms with E-state index in [1.54, 1.807) is 18.2 Å². The topological polar surface area (TPSA) is 52.0 Å². The third-order valence-electron chi connectivity index (χ3n) is 2.39. The van der Waals surface area contributed by atoms with Gasteiger partial charge in [-0.2, -0.15) is 5.10 Å². The Morgan fingerprint density at radius 1 is 1.35 bits per heavy atom. The van der Waals surface area contributed by atoms with Gasteiger partial charge in [0.15, 0.2) is 9.84 Å². The van der Waals surface area contributed by atoms with E-state index in [1.807, 2.05) is 6.92 Å². The second-order valence-electron chi connectivity index (χ2n) is 3.82. The normalized spacial score (nSPS) is 11.7. The van der Waals surface area contributed by atoms with Crippen LogP contribution in [0.2, 0.25) is 5.02 Å². The number of aryl methyl sites for hydroxylation is 1. The van der Waals surface area contributed by atoms with Gasteiger partial charge in [-0.1, -0.05) is 11.6 Å². The first-order valence-corrected chi connectivity index (χ1v) is 7.16. The molecule has 1 aromatic carbocycles. The molecule has 0 radical (unpaired) electrons. The summed E-state index contributed by atoms with van der Waals surface area (Å²) < 4.78 is 24.2. The van der Waals surface area contributed by atoms with Crippen molar-refractivity contribution in [1.82, 2.24) is 9.78 Å². The van der Waals surface area contributed by atoms with Crippen LogP contribution in [0.1, 0.15) is 5.56 Å². The Morgan fingerprint density at radius 2 is 2.06 bits per heavy atom. The summed E-state index contributed by atoms with van der Waals surface area (Å²) in [5.74, 6) is 0. The quantitative estimate of drug-likeness (QED) is 0.841. The van der Waals surface area contributed by atoms with Gasteiger partial charge < -0.3 is 0 Å². The number of hydrogen-bond donors (Lipinski definition) is 0. The van der Waals surface area contributed by atoms with Gasteiger partial charge in [0.1, 0.15) is 4.90 Å². The fourth-order valence-electron chi connectivity index (χ4n) is 1.51. The number of sulfone groups is 1. The van der Waals surface area contributed by atoms with Gasteiger partial charge in [-0.15, -0.1) is 0 Å². The first-order chi connectivity index (χ1) is 7.88. The van der Waals surface area contributed by atoms with Crippen LogP contribution in [0.4, 0.5) is 0 Å². The maximum absolute atomic E-state index is 11.3. The fourth-order valence-corrected chi connectivity index (χ4v) is 2.26. The maximum atomic E-state index is 11.3. The van der Waals surface area contributed by atoms with Crippen LogP contribution in [0.5, 0.6) is 0 Å². The Labute approximate surface area is 105 Å². The highest BCUT2D eigenvalue weighted by Crippen LogP contribution is 2.19. The molecule has 17 heavy (non-hydrogen) atoms. The van der Waals surface area contributed by atoms with Crippen LogP contribution in [0.15, 0.2) is 35.5 Å². The molecule has 0 aliphatic heterocycles. The molecule has 90 valence electrons. The minimum atomic E-state index is -3.22. The minimum Gasteiger partial charge on any atom is -0.239 e. The van der Waals surface area contributed by atoms with Crippen molar-refractivity contribution >= 4 is 21.4 Å². The molecule has 0 bridgehead atoms. The first kappa shape index (κ1) is 12.1. The minimum absolute atomic E-state index is 0.201. The molecule has 4 nitrogen and oxygen atoms in total. The van der Waals surface area contributed by atoms with E-state index in [2.05, 4.69) is 5.10 Å². The van der Waals surface area contributed by atoms with Crippen LogP contribution in [0.25, 0.3) is 5.69 Å². The van der Waals surface area contributed by atoms with E-state index in [9.17, 15) is 8.42 Å². The number of hydrogen-bond acceptors (Lipinski definition) is 3. The Kier molecular flexibility index (Phi) is 2.97. The van der Waals surface area contributed by atoms with E-state index in [4.69, 9.17) is 11.6 Å². The fraction of sp³-hybridized carbons (Fsp3) is 0.182. The second-order valence-corrected chi connectivity index (χ2v) is 6.28. The summed E-state index contributed by atoms with van der Waals surface area (Å²) in [6, 6.07) is 5.35. The standard InChI is InChI=1S/C11H11ClN2O2S/c1-8-5-9(12)3-4-11(8)14-7-10(6-13-14)17(2,15)16/h3-7H,1-2H3. The molecule has 0 amide bonds. The molecule has 0 fully saturated rings. The van der Waals surface area contributed by atoms with Crippen molar-refractivity contribution in [2.45, 2.75) is 11.8 Å². The van der Waals surface area contributed by atoms with Crippen LogP contribution in [0, 0.1) is 6.92 Å². The molecule has 0 atom stereocenters. The van der Waals surface area contributed by atoms with E-state index >= 15 is 0 Å². The Balaban J connectivity index is 2.51. The highest BCUT2D eigenvalue weighted by Gasteiger charge is 2.11. The molecule has 0 N–H and O–H groups in total. The molecule has 1 aromatic heterocycles. The van der Waals surface area contributed by atoms with Crippen molar-refractivity contribution in [1.29, 1.82) is 0 Å².